The number of benzene rings is 1. The Morgan fingerprint density at radius 3 is 2.68 bits per heavy atom. The van der Waals surface area contributed by atoms with Crippen molar-refractivity contribution in [2.75, 3.05) is 6.54 Å². The van der Waals surface area contributed by atoms with Crippen LogP contribution in [0, 0.1) is 0 Å². The van der Waals surface area contributed by atoms with E-state index in [1.54, 1.807) is 10.6 Å². The summed E-state index contributed by atoms with van der Waals surface area (Å²) < 4.78 is 3.24. The molecule has 1 N–H and O–H groups in total. The lowest BCUT2D eigenvalue weighted by Crippen LogP contribution is -2.31. The molecule has 7 heteroatoms. The molecule has 2 heterocycles. The maximum absolute atomic E-state index is 12.7. The number of carbonyl (C=O) groups excluding carboxylic acids is 1. The van der Waals surface area contributed by atoms with Gasteiger partial charge >= 0.3 is 5.69 Å². The Bertz CT molecular complexity index is 924. The molecular weight excluding hydrogens is 336 g/mol. The number of rotatable bonds is 6. The van der Waals surface area contributed by atoms with Crippen molar-refractivity contribution in [2.24, 2.45) is 0 Å². The van der Waals surface area contributed by atoms with Gasteiger partial charge in [-0.15, -0.1) is 16.4 Å². The number of hydrogen-bond donors (Lipinski definition) is 1. The molecule has 6 nitrogen and oxygen atoms in total. The van der Waals surface area contributed by atoms with Crippen molar-refractivity contribution in [3.8, 4) is 11.4 Å². The molecule has 1 aliphatic carbocycles. The molecule has 1 amide bonds. The van der Waals surface area contributed by atoms with Crippen LogP contribution in [0.3, 0.4) is 0 Å². The number of nitrogens with zero attached hydrogens (tertiary/aromatic N) is 3. The fourth-order valence-corrected chi connectivity index (χ4v) is 3.42. The molecule has 1 aliphatic rings. The summed E-state index contributed by atoms with van der Waals surface area (Å²) in [4.78, 5) is 25.3. The molecule has 4 rings (SSSR count). The summed E-state index contributed by atoms with van der Waals surface area (Å²) in [5.74, 6) is 0.589. The number of thiophene rings is 1. The maximum atomic E-state index is 12.7. The zero-order chi connectivity index (χ0) is 17.2. The molecule has 0 saturated heterocycles. The summed E-state index contributed by atoms with van der Waals surface area (Å²) in [6.45, 7) is 0.724. The van der Waals surface area contributed by atoms with E-state index in [9.17, 15) is 9.59 Å². The second-order valence-electron chi connectivity index (χ2n) is 6.03. The summed E-state index contributed by atoms with van der Waals surface area (Å²) in [5.41, 5.74) is 0.833. The normalized spacial score (nSPS) is 13.8. The van der Waals surface area contributed by atoms with Crippen LogP contribution in [0.15, 0.2) is 52.6 Å². The highest BCUT2D eigenvalue weighted by molar-refractivity contribution is 7.12. The van der Waals surface area contributed by atoms with Gasteiger partial charge in [0.25, 0.3) is 5.91 Å². The summed E-state index contributed by atoms with van der Waals surface area (Å²) >= 11 is 1.40. The van der Waals surface area contributed by atoms with Crippen LogP contribution in [-0.2, 0) is 6.54 Å². The third-order valence-electron chi connectivity index (χ3n) is 4.17. The first-order chi connectivity index (χ1) is 12.2. The van der Waals surface area contributed by atoms with E-state index in [4.69, 9.17) is 0 Å². The van der Waals surface area contributed by atoms with Crippen molar-refractivity contribution in [1.29, 1.82) is 0 Å². The molecule has 0 aliphatic heterocycles. The molecular formula is C18H18N4O2S. The molecule has 0 radical (unpaired) electrons. The van der Waals surface area contributed by atoms with Gasteiger partial charge in [0.1, 0.15) is 0 Å². The van der Waals surface area contributed by atoms with Crippen LogP contribution in [-0.4, -0.2) is 26.8 Å². The Labute approximate surface area is 148 Å². The summed E-state index contributed by atoms with van der Waals surface area (Å²) in [6.07, 6.45) is 2.03. The summed E-state index contributed by atoms with van der Waals surface area (Å²) in [7, 11) is 0. The van der Waals surface area contributed by atoms with E-state index in [1.165, 1.54) is 16.0 Å². The van der Waals surface area contributed by atoms with Crippen LogP contribution in [0.4, 0.5) is 0 Å². The van der Waals surface area contributed by atoms with Crippen LogP contribution < -0.4 is 11.0 Å². The lowest BCUT2D eigenvalue weighted by atomic mass is 10.2. The SMILES string of the molecule is O=C(NCCn1nc(-c2ccccc2)n(C2CC2)c1=O)c1cccs1. The van der Waals surface area contributed by atoms with Crippen molar-refractivity contribution in [3.63, 3.8) is 0 Å². The van der Waals surface area contributed by atoms with E-state index in [-0.39, 0.29) is 17.6 Å². The monoisotopic (exact) mass is 354 g/mol. The number of aromatic nitrogens is 3. The van der Waals surface area contributed by atoms with Crippen molar-refractivity contribution in [3.05, 3.63) is 63.2 Å². The van der Waals surface area contributed by atoms with E-state index in [2.05, 4.69) is 10.4 Å². The van der Waals surface area contributed by atoms with Gasteiger partial charge in [0.05, 0.1) is 11.4 Å². The Hall–Kier alpha value is -2.67. The van der Waals surface area contributed by atoms with E-state index in [0.717, 1.165) is 18.4 Å². The van der Waals surface area contributed by atoms with Crippen molar-refractivity contribution in [2.45, 2.75) is 25.4 Å². The summed E-state index contributed by atoms with van der Waals surface area (Å²) in [6, 6.07) is 13.6. The van der Waals surface area contributed by atoms with E-state index in [0.29, 0.717) is 23.8 Å². The lowest BCUT2D eigenvalue weighted by molar-refractivity contribution is 0.0956. The van der Waals surface area contributed by atoms with Gasteiger partial charge in [0.2, 0.25) is 0 Å². The van der Waals surface area contributed by atoms with Crippen LogP contribution >= 0.6 is 11.3 Å². The molecule has 2 aromatic heterocycles. The standard InChI is InChI=1S/C18H18N4O2S/c23-17(15-7-4-12-25-15)19-10-11-21-18(24)22(14-8-9-14)16(20-21)13-5-2-1-3-6-13/h1-7,12,14H,8-11H2,(H,19,23). The minimum atomic E-state index is -0.118. The minimum absolute atomic E-state index is 0.105. The van der Waals surface area contributed by atoms with E-state index >= 15 is 0 Å². The van der Waals surface area contributed by atoms with Gasteiger partial charge in [-0.3, -0.25) is 9.36 Å². The van der Waals surface area contributed by atoms with Gasteiger partial charge < -0.3 is 5.32 Å². The molecule has 0 spiro atoms. The average Bonchev–Trinajstić information content (AvgIpc) is 3.20. The van der Waals surface area contributed by atoms with Crippen molar-refractivity contribution in [1.82, 2.24) is 19.7 Å². The molecule has 128 valence electrons. The van der Waals surface area contributed by atoms with Crippen molar-refractivity contribution < 1.29 is 4.79 Å². The predicted molar refractivity (Wildman–Crippen MR) is 96.8 cm³/mol. The van der Waals surface area contributed by atoms with Gasteiger partial charge in [-0.2, -0.15) is 0 Å². The summed E-state index contributed by atoms with van der Waals surface area (Å²) in [5, 5.41) is 9.22. The first-order valence-electron chi connectivity index (χ1n) is 8.30. The molecule has 25 heavy (non-hydrogen) atoms. The Morgan fingerprint density at radius 2 is 2.00 bits per heavy atom. The minimum Gasteiger partial charge on any atom is -0.349 e. The Kier molecular flexibility index (Phi) is 4.23. The first kappa shape index (κ1) is 15.8. The molecule has 0 bridgehead atoms. The first-order valence-corrected chi connectivity index (χ1v) is 9.18. The van der Waals surface area contributed by atoms with Gasteiger partial charge in [0, 0.05) is 18.2 Å². The Balaban J connectivity index is 1.52. The van der Waals surface area contributed by atoms with Crippen LogP contribution in [0.5, 0.6) is 0 Å². The molecule has 0 atom stereocenters. The number of hydrogen-bond acceptors (Lipinski definition) is 4. The molecule has 1 saturated carbocycles. The second-order valence-corrected chi connectivity index (χ2v) is 6.98. The van der Waals surface area contributed by atoms with E-state index < -0.39 is 0 Å². The molecule has 1 fully saturated rings. The highest BCUT2D eigenvalue weighted by Crippen LogP contribution is 2.36. The van der Waals surface area contributed by atoms with Gasteiger partial charge in [-0.1, -0.05) is 36.4 Å². The quantitative estimate of drug-likeness (QED) is 0.740. The highest BCUT2D eigenvalue weighted by Gasteiger charge is 2.30. The number of carbonyl (C=O) groups is 1. The van der Waals surface area contributed by atoms with Gasteiger partial charge in [-0.05, 0) is 24.3 Å². The third-order valence-corrected chi connectivity index (χ3v) is 5.04. The van der Waals surface area contributed by atoms with Gasteiger partial charge in [0.15, 0.2) is 5.82 Å². The molecule has 1 aromatic carbocycles. The molecule has 3 aromatic rings. The highest BCUT2D eigenvalue weighted by atomic mass is 32.1. The zero-order valence-electron chi connectivity index (χ0n) is 13.6. The maximum Gasteiger partial charge on any atom is 0.346 e. The largest absolute Gasteiger partial charge is 0.349 e. The van der Waals surface area contributed by atoms with Gasteiger partial charge in [-0.25, -0.2) is 9.48 Å². The topological polar surface area (TPSA) is 68.9 Å². The fourth-order valence-electron chi connectivity index (χ4n) is 2.78. The van der Waals surface area contributed by atoms with Crippen LogP contribution in [0.1, 0.15) is 28.6 Å². The second kappa shape index (κ2) is 6.68. The van der Waals surface area contributed by atoms with Crippen LogP contribution in [0.25, 0.3) is 11.4 Å². The van der Waals surface area contributed by atoms with Crippen LogP contribution in [0.2, 0.25) is 0 Å². The predicted octanol–water partition coefficient (Wildman–Crippen LogP) is 2.54. The third kappa shape index (κ3) is 3.28. The average molecular weight is 354 g/mol. The van der Waals surface area contributed by atoms with E-state index in [1.807, 2.05) is 41.8 Å². The smallest absolute Gasteiger partial charge is 0.346 e. The number of nitrogens with one attached hydrogen (secondary N) is 1. The van der Waals surface area contributed by atoms with Crippen molar-refractivity contribution >= 4 is 17.2 Å². The number of amides is 1. The zero-order valence-corrected chi connectivity index (χ0v) is 14.4. The fraction of sp³-hybridized carbons (Fsp3) is 0.278. The molecule has 0 unspecified atom stereocenters. The lowest BCUT2D eigenvalue weighted by Gasteiger charge is -2.02. The Morgan fingerprint density at radius 1 is 1.20 bits per heavy atom.